The van der Waals surface area contributed by atoms with Crippen molar-refractivity contribution in [1.29, 1.82) is 0 Å². The van der Waals surface area contributed by atoms with E-state index in [-0.39, 0.29) is 0 Å². The van der Waals surface area contributed by atoms with Crippen molar-refractivity contribution in [2.75, 3.05) is 12.4 Å². The van der Waals surface area contributed by atoms with Crippen LogP contribution in [0.4, 0.5) is 5.69 Å². The van der Waals surface area contributed by atoms with E-state index < -0.39 is 0 Å². The highest BCUT2D eigenvalue weighted by atomic mass is 79.9. The molecule has 0 saturated heterocycles. The fourth-order valence-corrected chi connectivity index (χ4v) is 2.45. The molecule has 0 heterocycles. The molecule has 2 rings (SSSR count). The van der Waals surface area contributed by atoms with E-state index in [0.717, 1.165) is 21.7 Å². The molecule has 0 aliphatic rings. The third kappa shape index (κ3) is 5.99. The second kappa shape index (κ2) is 8.32. The lowest BCUT2D eigenvalue weighted by Crippen LogP contribution is -2.10. The van der Waals surface area contributed by atoms with Crippen molar-refractivity contribution in [2.24, 2.45) is 10.7 Å². The van der Waals surface area contributed by atoms with Crippen molar-refractivity contribution >= 4 is 50.1 Å². The highest BCUT2D eigenvalue weighted by Gasteiger charge is 1.98. The molecule has 0 aliphatic carbocycles. The molecule has 0 saturated carbocycles. The van der Waals surface area contributed by atoms with Gasteiger partial charge in [0.1, 0.15) is 5.75 Å². The van der Waals surface area contributed by atoms with Crippen LogP contribution in [-0.4, -0.2) is 17.5 Å². The van der Waals surface area contributed by atoms with E-state index >= 15 is 0 Å². The lowest BCUT2D eigenvalue weighted by molar-refractivity contribution is 0.344. The van der Waals surface area contributed by atoms with Gasteiger partial charge in [0.15, 0.2) is 5.17 Å². The Labute approximate surface area is 141 Å². The molecule has 0 spiro atoms. The number of halogens is 2. The summed E-state index contributed by atoms with van der Waals surface area (Å²) in [4.78, 5) is 4.29. The number of nitrogens with zero attached hydrogens (tertiary/aromatic N) is 1. The predicted molar refractivity (Wildman–Crippen MR) is 94.8 cm³/mol. The molecule has 3 nitrogen and oxygen atoms in total. The van der Waals surface area contributed by atoms with E-state index in [1.807, 2.05) is 36.4 Å². The first-order chi connectivity index (χ1) is 10.1. The van der Waals surface area contributed by atoms with Crippen LogP contribution in [-0.2, 0) is 0 Å². The molecule has 0 aliphatic heterocycles. The minimum Gasteiger partial charge on any atom is -0.493 e. The monoisotopic (exact) mass is 384 g/mol. The van der Waals surface area contributed by atoms with Gasteiger partial charge in [-0.2, -0.15) is 0 Å². The van der Waals surface area contributed by atoms with Crippen molar-refractivity contribution in [3.05, 3.63) is 58.0 Å². The lowest BCUT2D eigenvalue weighted by atomic mass is 10.3. The molecule has 0 bridgehead atoms. The van der Waals surface area contributed by atoms with E-state index in [4.69, 9.17) is 22.1 Å². The largest absolute Gasteiger partial charge is 0.493 e. The van der Waals surface area contributed by atoms with Gasteiger partial charge in [0.05, 0.1) is 12.3 Å². The normalized spacial score (nSPS) is 11.4. The molecule has 21 heavy (non-hydrogen) atoms. The molecular weight excluding hydrogens is 372 g/mol. The number of rotatable bonds is 5. The van der Waals surface area contributed by atoms with Crippen LogP contribution >= 0.6 is 39.3 Å². The van der Waals surface area contributed by atoms with Crippen LogP contribution < -0.4 is 10.5 Å². The molecule has 0 atom stereocenters. The predicted octanol–water partition coefficient (Wildman–Crippen LogP) is 4.86. The summed E-state index contributed by atoms with van der Waals surface area (Å²) >= 11 is 10.7. The van der Waals surface area contributed by atoms with Crippen LogP contribution in [0.15, 0.2) is 58.0 Å². The zero-order chi connectivity index (χ0) is 15.1. The van der Waals surface area contributed by atoms with E-state index in [2.05, 4.69) is 20.9 Å². The minimum atomic E-state index is 0.511. The highest BCUT2D eigenvalue weighted by molar-refractivity contribution is 9.10. The second-order valence-electron chi connectivity index (χ2n) is 4.08. The first-order valence-corrected chi connectivity index (χ1v) is 8.40. The Kier molecular flexibility index (Phi) is 6.42. The Bertz CT molecular complexity index is 602. The van der Waals surface area contributed by atoms with Gasteiger partial charge in [0.2, 0.25) is 0 Å². The topological polar surface area (TPSA) is 47.6 Å². The summed E-state index contributed by atoms with van der Waals surface area (Å²) in [5.41, 5.74) is 6.65. The van der Waals surface area contributed by atoms with Crippen molar-refractivity contribution in [3.8, 4) is 5.75 Å². The molecule has 0 radical (unpaired) electrons. The van der Waals surface area contributed by atoms with Gasteiger partial charge in [-0.3, -0.25) is 0 Å². The van der Waals surface area contributed by atoms with Crippen molar-refractivity contribution in [2.45, 2.75) is 0 Å². The van der Waals surface area contributed by atoms with Gasteiger partial charge in [-0.1, -0.05) is 39.3 Å². The Morgan fingerprint density at radius 1 is 1.14 bits per heavy atom. The van der Waals surface area contributed by atoms with Crippen LogP contribution in [0.2, 0.25) is 5.02 Å². The van der Waals surface area contributed by atoms with Gasteiger partial charge >= 0.3 is 0 Å². The SMILES string of the molecule is NC(=Nc1ccc(Cl)cc1)SCCOc1ccc(Br)cc1. The maximum Gasteiger partial charge on any atom is 0.159 e. The maximum absolute atomic E-state index is 5.86. The highest BCUT2D eigenvalue weighted by Crippen LogP contribution is 2.18. The molecular formula is C15H14BrClN2OS. The van der Waals surface area contributed by atoms with E-state index in [0.29, 0.717) is 16.8 Å². The van der Waals surface area contributed by atoms with Crippen LogP contribution in [0.5, 0.6) is 5.75 Å². The second-order valence-corrected chi connectivity index (χ2v) is 6.54. The molecule has 2 aromatic carbocycles. The first kappa shape index (κ1) is 16.2. The maximum atomic E-state index is 5.86. The summed E-state index contributed by atoms with van der Waals surface area (Å²) in [6, 6.07) is 14.9. The van der Waals surface area contributed by atoms with Gasteiger partial charge in [-0.15, -0.1) is 0 Å². The van der Waals surface area contributed by atoms with Crippen LogP contribution in [0.25, 0.3) is 0 Å². The zero-order valence-corrected chi connectivity index (χ0v) is 14.3. The van der Waals surface area contributed by atoms with Crippen molar-refractivity contribution < 1.29 is 4.74 Å². The summed E-state index contributed by atoms with van der Waals surface area (Å²) in [6.07, 6.45) is 0. The summed E-state index contributed by atoms with van der Waals surface area (Å²) in [6.45, 7) is 0.573. The number of thioether (sulfide) groups is 1. The molecule has 2 N–H and O–H groups in total. The third-order valence-electron chi connectivity index (χ3n) is 2.48. The Hall–Kier alpha value is -1.17. The van der Waals surface area contributed by atoms with Gasteiger partial charge < -0.3 is 10.5 Å². The molecule has 0 unspecified atom stereocenters. The number of amidine groups is 1. The first-order valence-electron chi connectivity index (χ1n) is 6.24. The number of ether oxygens (including phenoxy) is 1. The van der Waals surface area contributed by atoms with Crippen molar-refractivity contribution in [1.82, 2.24) is 0 Å². The number of hydrogen-bond donors (Lipinski definition) is 1. The number of aliphatic imine (C=N–C) groups is 1. The van der Waals surface area contributed by atoms with Gasteiger partial charge in [0, 0.05) is 15.2 Å². The Morgan fingerprint density at radius 3 is 2.48 bits per heavy atom. The fraction of sp³-hybridized carbons (Fsp3) is 0.133. The van der Waals surface area contributed by atoms with Crippen LogP contribution in [0.3, 0.4) is 0 Å². The summed E-state index contributed by atoms with van der Waals surface area (Å²) < 4.78 is 6.64. The number of nitrogens with two attached hydrogens (primary N) is 1. The average Bonchev–Trinajstić information content (AvgIpc) is 2.48. The number of hydrogen-bond acceptors (Lipinski definition) is 3. The van der Waals surface area contributed by atoms with Crippen molar-refractivity contribution in [3.63, 3.8) is 0 Å². The summed E-state index contributed by atoms with van der Waals surface area (Å²) in [5, 5.41) is 1.19. The molecule has 0 fully saturated rings. The molecule has 110 valence electrons. The number of benzene rings is 2. The molecule has 0 aromatic heterocycles. The van der Waals surface area contributed by atoms with Crippen LogP contribution in [0, 0.1) is 0 Å². The van der Waals surface area contributed by atoms with E-state index in [9.17, 15) is 0 Å². The molecule has 2 aromatic rings. The van der Waals surface area contributed by atoms with E-state index in [1.54, 1.807) is 12.1 Å². The summed E-state index contributed by atoms with van der Waals surface area (Å²) in [5.74, 6) is 1.57. The van der Waals surface area contributed by atoms with E-state index in [1.165, 1.54) is 11.8 Å². The smallest absolute Gasteiger partial charge is 0.159 e. The van der Waals surface area contributed by atoms with Gasteiger partial charge in [-0.25, -0.2) is 4.99 Å². The standard InChI is InChI=1S/C15H14BrClN2OS/c16-11-1-7-14(8-2-11)20-9-10-21-15(18)19-13-5-3-12(17)4-6-13/h1-8H,9-10H2,(H2,18,19). The Morgan fingerprint density at radius 2 is 1.81 bits per heavy atom. The Balaban J connectivity index is 1.75. The molecule has 6 heteroatoms. The quantitative estimate of drug-likeness (QED) is 0.454. The lowest BCUT2D eigenvalue weighted by Gasteiger charge is -2.05. The zero-order valence-electron chi connectivity index (χ0n) is 11.1. The fourth-order valence-electron chi connectivity index (χ4n) is 1.51. The third-order valence-corrected chi connectivity index (χ3v) is 4.02. The molecule has 0 amide bonds. The average molecular weight is 386 g/mol. The van der Waals surface area contributed by atoms with Crippen LogP contribution in [0.1, 0.15) is 0 Å². The summed E-state index contributed by atoms with van der Waals surface area (Å²) in [7, 11) is 0. The minimum absolute atomic E-state index is 0.511. The van der Waals surface area contributed by atoms with Gasteiger partial charge in [0.25, 0.3) is 0 Å². The van der Waals surface area contributed by atoms with Gasteiger partial charge in [-0.05, 0) is 48.5 Å².